The molecule has 1 aromatic rings. The lowest BCUT2D eigenvalue weighted by molar-refractivity contribution is 0.102. The van der Waals surface area contributed by atoms with E-state index in [-0.39, 0.29) is 0 Å². The Morgan fingerprint density at radius 2 is 2.12 bits per heavy atom. The first-order chi connectivity index (χ1) is 7.65. The van der Waals surface area contributed by atoms with Crippen LogP contribution in [0.15, 0.2) is 10.5 Å². The molecule has 1 fully saturated rings. The van der Waals surface area contributed by atoms with Crippen LogP contribution in [0.3, 0.4) is 0 Å². The fraction of sp³-hybridized carbons (Fsp3) is 0.600. The number of rotatable bonds is 3. The summed E-state index contributed by atoms with van der Waals surface area (Å²) in [5.74, 6) is 0. The summed E-state index contributed by atoms with van der Waals surface area (Å²) in [4.78, 5) is 3.60. The molecule has 0 aliphatic carbocycles. The lowest BCUT2D eigenvalue weighted by Gasteiger charge is -2.32. The molecule has 1 aliphatic heterocycles. The highest BCUT2D eigenvalue weighted by molar-refractivity contribution is 9.10. The Labute approximate surface area is 113 Å². The van der Waals surface area contributed by atoms with Crippen LogP contribution in [0, 0.1) is 0 Å². The van der Waals surface area contributed by atoms with E-state index in [1.807, 2.05) is 0 Å². The molecule has 0 spiro atoms. The summed E-state index contributed by atoms with van der Waals surface area (Å²) in [6.07, 6.45) is 0. The molecule has 2 rings (SSSR count). The SMILES string of the molecule is CN1CCN(NCc2cc(Br)c(Cl)s2)CC1. The quantitative estimate of drug-likeness (QED) is 0.921. The van der Waals surface area contributed by atoms with Crippen molar-refractivity contribution in [2.45, 2.75) is 6.54 Å². The minimum absolute atomic E-state index is 0.829. The van der Waals surface area contributed by atoms with E-state index in [9.17, 15) is 0 Å². The Bertz CT molecular complexity index is 330. The summed E-state index contributed by atoms with van der Waals surface area (Å²) in [5.41, 5.74) is 3.44. The zero-order valence-corrected chi connectivity index (χ0v) is 12.3. The van der Waals surface area contributed by atoms with E-state index in [0.717, 1.165) is 41.5 Å². The molecule has 16 heavy (non-hydrogen) atoms. The van der Waals surface area contributed by atoms with Gasteiger partial charge >= 0.3 is 0 Å². The van der Waals surface area contributed by atoms with E-state index in [1.165, 1.54) is 4.88 Å². The smallest absolute Gasteiger partial charge is 0.107 e. The van der Waals surface area contributed by atoms with Crippen LogP contribution in [0.2, 0.25) is 4.34 Å². The van der Waals surface area contributed by atoms with E-state index in [4.69, 9.17) is 11.6 Å². The Kier molecular flexibility index (Phi) is 4.64. The molecule has 0 bridgehead atoms. The number of hydrogen-bond acceptors (Lipinski definition) is 4. The summed E-state index contributed by atoms with van der Waals surface area (Å²) in [6.45, 7) is 5.27. The molecule has 0 aromatic carbocycles. The van der Waals surface area contributed by atoms with Gasteiger partial charge in [-0.3, -0.25) is 0 Å². The molecule has 0 unspecified atom stereocenters. The minimum Gasteiger partial charge on any atom is -0.304 e. The van der Waals surface area contributed by atoms with Crippen LogP contribution in [-0.4, -0.2) is 43.1 Å². The second-order valence-corrected chi connectivity index (χ2v) is 6.55. The number of likely N-dealkylation sites (N-methyl/N-ethyl adjacent to an activating group) is 1. The Morgan fingerprint density at radius 1 is 1.44 bits per heavy atom. The van der Waals surface area contributed by atoms with Crippen molar-refractivity contribution in [2.75, 3.05) is 33.2 Å². The molecule has 0 amide bonds. The molecule has 0 saturated carbocycles. The van der Waals surface area contributed by atoms with E-state index in [2.05, 4.69) is 44.4 Å². The molecule has 3 nitrogen and oxygen atoms in total. The third-order valence-electron chi connectivity index (χ3n) is 2.68. The van der Waals surface area contributed by atoms with Crippen LogP contribution in [0.4, 0.5) is 0 Å². The Hall–Kier alpha value is 0.350. The van der Waals surface area contributed by atoms with Gasteiger partial charge in [-0.1, -0.05) is 11.6 Å². The van der Waals surface area contributed by atoms with Gasteiger partial charge in [-0.05, 0) is 29.0 Å². The summed E-state index contributed by atoms with van der Waals surface area (Å²) in [6, 6.07) is 2.08. The van der Waals surface area contributed by atoms with Crippen molar-refractivity contribution in [3.05, 3.63) is 19.8 Å². The fourth-order valence-corrected chi connectivity index (χ4v) is 3.36. The first-order valence-electron chi connectivity index (χ1n) is 5.26. The monoisotopic (exact) mass is 323 g/mol. The maximum Gasteiger partial charge on any atom is 0.107 e. The maximum atomic E-state index is 5.99. The first-order valence-corrected chi connectivity index (χ1v) is 7.24. The number of hydrazine groups is 1. The van der Waals surface area contributed by atoms with Gasteiger partial charge in [0.1, 0.15) is 4.34 Å². The van der Waals surface area contributed by atoms with Crippen molar-refractivity contribution in [2.24, 2.45) is 0 Å². The molecule has 1 saturated heterocycles. The number of nitrogens with zero attached hydrogens (tertiary/aromatic N) is 2. The van der Waals surface area contributed by atoms with Gasteiger partial charge < -0.3 is 4.90 Å². The van der Waals surface area contributed by atoms with Gasteiger partial charge in [-0.15, -0.1) is 11.3 Å². The van der Waals surface area contributed by atoms with E-state index >= 15 is 0 Å². The molecule has 90 valence electrons. The third-order valence-corrected chi connectivity index (χ3v) is 5.15. The summed E-state index contributed by atoms with van der Waals surface area (Å²) in [5, 5.41) is 2.28. The van der Waals surface area contributed by atoms with Crippen LogP contribution < -0.4 is 5.43 Å². The number of piperazine rings is 1. The van der Waals surface area contributed by atoms with Crippen LogP contribution in [0.1, 0.15) is 4.88 Å². The molecule has 1 N–H and O–H groups in total. The lowest BCUT2D eigenvalue weighted by Crippen LogP contribution is -2.50. The molecular formula is C10H15BrClN3S. The second kappa shape index (κ2) is 5.80. The number of halogens is 2. The van der Waals surface area contributed by atoms with E-state index < -0.39 is 0 Å². The summed E-state index contributed by atoms with van der Waals surface area (Å²) >= 11 is 11.0. The van der Waals surface area contributed by atoms with Crippen molar-refractivity contribution in [1.82, 2.24) is 15.3 Å². The predicted octanol–water partition coefficient (Wildman–Crippen LogP) is 2.42. The van der Waals surface area contributed by atoms with E-state index in [0.29, 0.717) is 0 Å². The highest BCUT2D eigenvalue weighted by Gasteiger charge is 2.13. The van der Waals surface area contributed by atoms with Gasteiger partial charge in [0.25, 0.3) is 0 Å². The summed E-state index contributed by atoms with van der Waals surface area (Å²) < 4.78 is 1.82. The third kappa shape index (κ3) is 3.42. The average Bonchev–Trinajstić information content (AvgIpc) is 2.58. The van der Waals surface area contributed by atoms with Gasteiger partial charge in [0, 0.05) is 42.1 Å². The van der Waals surface area contributed by atoms with Crippen molar-refractivity contribution in [1.29, 1.82) is 0 Å². The zero-order chi connectivity index (χ0) is 11.5. The number of nitrogens with one attached hydrogen (secondary N) is 1. The number of thiophene rings is 1. The standard InChI is InChI=1S/C10H15BrClN3S/c1-14-2-4-15(5-3-14)13-7-8-6-9(11)10(12)16-8/h6,13H,2-5,7H2,1H3. The van der Waals surface area contributed by atoms with Gasteiger partial charge in [0.05, 0.1) is 0 Å². The maximum absolute atomic E-state index is 5.99. The molecule has 1 aromatic heterocycles. The molecule has 6 heteroatoms. The second-order valence-electron chi connectivity index (χ2n) is 3.96. The zero-order valence-electron chi connectivity index (χ0n) is 9.17. The predicted molar refractivity (Wildman–Crippen MR) is 72.9 cm³/mol. The summed E-state index contributed by atoms with van der Waals surface area (Å²) in [7, 11) is 2.16. The normalized spacial score (nSPS) is 19.2. The van der Waals surface area contributed by atoms with Gasteiger partial charge in [-0.25, -0.2) is 10.4 Å². The van der Waals surface area contributed by atoms with Gasteiger partial charge in [0.15, 0.2) is 0 Å². The Balaban J connectivity index is 1.79. The van der Waals surface area contributed by atoms with Crippen molar-refractivity contribution in [3.8, 4) is 0 Å². The lowest BCUT2D eigenvalue weighted by atomic mass is 10.4. The van der Waals surface area contributed by atoms with Crippen LogP contribution >= 0.6 is 38.9 Å². The fourth-order valence-electron chi connectivity index (χ4n) is 1.63. The number of hydrogen-bond donors (Lipinski definition) is 1. The molecule has 2 heterocycles. The van der Waals surface area contributed by atoms with Gasteiger partial charge in [-0.2, -0.15) is 0 Å². The highest BCUT2D eigenvalue weighted by Crippen LogP contribution is 2.31. The Morgan fingerprint density at radius 3 is 2.69 bits per heavy atom. The van der Waals surface area contributed by atoms with E-state index in [1.54, 1.807) is 11.3 Å². The molecular weight excluding hydrogens is 310 g/mol. The van der Waals surface area contributed by atoms with Crippen LogP contribution in [0.25, 0.3) is 0 Å². The first kappa shape index (κ1) is 12.8. The molecule has 0 radical (unpaired) electrons. The van der Waals surface area contributed by atoms with Crippen molar-refractivity contribution >= 4 is 38.9 Å². The topological polar surface area (TPSA) is 18.5 Å². The molecule has 1 aliphatic rings. The largest absolute Gasteiger partial charge is 0.304 e. The van der Waals surface area contributed by atoms with Crippen LogP contribution in [-0.2, 0) is 6.54 Å². The minimum atomic E-state index is 0.829. The molecule has 0 atom stereocenters. The van der Waals surface area contributed by atoms with Gasteiger partial charge in [0.2, 0.25) is 0 Å². The average molecular weight is 325 g/mol. The van der Waals surface area contributed by atoms with Crippen molar-refractivity contribution < 1.29 is 0 Å². The highest BCUT2D eigenvalue weighted by atomic mass is 79.9. The van der Waals surface area contributed by atoms with Crippen LogP contribution in [0.5, 0.6) is 0 Å². The van der Waals surface area contributed by atoms with Crippen molar-refractivity contribution in [3.63, 3.8) is 0 Å².